The van der Waals surface area contributed by atoms with Gasteiger partial charge in [-0.15, -0.1) is 0 Å². The lowest BCUT2D eigenvalue weighted by Crippen LogP contribution is -2.27. The molecule has 0 fully saturated rings. The summed E-state index contributed by atoms with van der Waals surface area (Å²) in [4.78, 5) is 13.1. The van der Waals surface area contributed by atoms with Gasteiger partial charge in [0.25, 0.3) is 0 Å². The number of benzene rings is 1. The van der Waals surface area contributed by atoms with Crippen LogP contribution in [0, 0.1) is 0 Å². The summed E-state index contributed by atoms with van der Waals surface area (Å²) in [7, 11) is -0.566. The minimum Gasteiger partial charge on any atom is -0.384 e. The monoisotopic (exact) mass is 272 g/mol. The quantitative estimate of drug-likeness (QED) is 0.836. The van der Waals surface area contributed by atoms with Crippen molar-refractivity contribution in [2.75, 3.05) is 25.7 Å². The van der Waals surface area contributed by atoms with Gasteiger partial charge in [-0.3, -0.25) is 4.79 Å². The Balaban J connectivity index is 2.82. The zero-order chi connectivity index (χ0) is 13.8. The maximum Gasteiger partial charge on any atom is 0.238 e. The molecule has 0 saturated carbocycles. The van der Waals surface area contributed by atoms with Gasteiger partial charge >= 0.3 is 0 Å². The molecule has 1 aromatic carbocycles. The summed E-state index contributed by atoms with van der Waals surface area (Å²) >= 11 is 0. The van der Waals surface area contributed by atoms with E-state index >= 15 is 0 Å². The second kappa shape index (κ2) is 5.94. The molecule has 0 atom stereocenters. The first kappa shape index (κ1) is 14.6. The highest BCUT2D eigenvalue weighted by Crippen LogP contribution is 2.16. The molecule has 0 unspecified atom stereocenters. The molecule has 0 aliphatic rings. The lowest BCUT2D eigenvalue weighted by atomic mass is 10.3. The highest BCUT2D eigenvalue weighted by Gasteiger charge is 2.12. The number of anilines is 1. The van der Waals surface area contributed by atoms with Gasteiger partial charge in [-0.2, -0.15) is 0 Å². The Kier molecular flexibility index (Phi) is 4.83. The Bertz CT molecular complexity index is 510. The summed E-state index contributed by atoms with van der Waals surface area (Å²) in [6.07, 6.45) is 0.268. The molecule has 7 heteroatoms. The van der Waals surface area contributed by atoms with Crippen LogP contribution in [0.4, 0.5) is 5.69 Å². The lowest BCUT2D eigenvalue weighted by Gasteiger charge is -2.17. The van der Waals surface area contributed by atoms with E-state index in [2.05, 4.69) is 0 Å². The van der Waals surface area contributed by atoms with Gasteiger partial charge in [0.1, 0.15) is 0 Å². The first-order chi connectivity index (χ1) is 8.36. The third-order valence-corrected chi connectivity index (χ3v) is 3.38. The topological polar surface area (TPSA) is 89.7 Å². The second-order valence-electron chi connectivity index (χ2n) is 3.73. The van der Waals surface area contributed by atoms with E-state index in [1.807, 2.05) is 0 Å². The number of hydrogen-bond donors (Lipinski definition) is 1. The van der Waals surface area contributed by atoms with Crippen LogP contribution in [0.15, 0.2) is 29.2 Å². The van der Waals surface area contributed by atoms with Crippen molar-refractivity contribution in [3.8, 4) is 0 Å². The van der Waals surface area contributed by atoms with Crippen LogP contribution in [-0.2, 0) is 19.6 Å². The van der Waals surface area contributed by atoms with Crippen molar-refractivity contribution in [1.29, 1.82) is 0 Å². The molecule has 0 aliphatic heterocycles. The number of rotatable bonds is 5. The van der Waals surface area contributed by atoms with Crippen molar-refractivity contribution in [1.82, 2.24) is 0 Å². The van der Waals surface area contributed by atoms with Crippen LogP contribution in [0.2, 0.25) is 0 Å². The SMILES string of the molecule is COCCC(=O)N(C)c1ccc(S(N)(=O)=O)cc1. The fraction of sp³-hybridized carbons (Fsp3) is 0.364. The summed E-state index contributed by atoms with van der Waals surface area (Å²) in [5, 5.41) is 4.98. The largest absolute Gasteiger partial charge is 0.384 e. The Morgan fingerprint density at radius 1 is 1.33 bits per heavy atom. The smallest absolute Gasteiger partial charge is 0.238 e. The maximum atomic E-state index is 11.7. The van der Waals surface area contributed by atoms with Gasteiger partial charge in [0.15, 0.2) is 0 Å². The molecule has 0 aliphatic carbocycles. The Labute approximate surface area is 106 Å². The molecule has 1 rings (SSSR count). The average Bonchev–Trinajstić information content (AvgIpc) is 2.34. The minimum absolute atomic E-state index is 0.0176. The third kappa shape index (κ3) is 3.80. The lowest BCUT2D eigenvalue weighted by molar-refractivity contribution is -0.119. The summed E-state index contributed by atoms with van der Waals surface area (Å²) in [6, 6.07) is 5.80. The molecule has 0 heterocycles. The zero-order valence-corrected chi connectivity index (χ0v) is 11.1. The number of primary sulfonamides is 1. The van der Waals surface area contributed by atoms with Crippen molar-refractivity contribution in [2.24, 2.45) is 5.14 Å². The molecule has 0 radical (unpaired) electrons. The summed E-state index contributed by atoms with van der Waals surface area (Å²) < 4.78 is 27.0. The fourth-order valence-corrected chi connectivity index (χ4v) is 1.88. The van der Waals surface area contributed by atoms with Crippen molar-refractivity contribution >= 4 is 21.6 Å². The van der Waals surface area contributed by atoms with Crippen LogP contribution >= 0.6 is 0 Å². The molecule has 0 spiro atoms. The Morgan fingerprint density at radius 3 is 2.33 bits per heavy atom. The molecule has 1 amide bonds. The van der Waals surface area contributed by atoms with Crippen LogP contribution in [0.3, 0.4) is 0 Å². The number of carbonyl (C=O) groups excluding carboxylic acids is 1. The van der Waals surface area contributed by atoms with Gasteiger partial charge in [-0.1, -0.05) is 0 Å². The maximum absolute atomic E-state index is 11.7. The Hall–Kier alpha value is -1.44. The number of hydrogen-bond acceptors (Lipinski definition) is 4. The minimum atomic E-state index is -3.70. The van der Waals surface area contributed by atoms with Gasteiger partial charge in [-0.25, -0.2) is 13.6 Å². The van der Waals surface area contributed by atoms with E-state index in [-0.39, 0.29) is 17.2 Å². The van der Waals surface area contributed by atoms with Gasteiger partial charge in [-0.05, 0) is 24.3 Å². The number of sulfonamides is 1. The van der Waals surface area contributed by atoms with E-state index < -0.39 is 10.0 Å². The molecule has 18 heavy (non-hydrogen) atoms. The second-order valence-corrected chi connectivity index (χ2v) is 5.30. The molecule has 1 aromatic rings. The van der Waals surface area contributed by atoms with Crippen molar-refractivity contribution in [3.63, 3.8) is 0 Å². The van der Waals surface area contributed by atoms with E-state index in [4.69, 9.17) is 9.88 Å². The molecular formula is C11H16N2O4S. The van der Waals surface area contributed by atoms with E-state index in [1.54, 1.807) is 7.05 Å². The number of nitrogens with zero attached hydrogens (tertiary/aromatic N) is 1. The van der Waals surface area contributed by atoms with Crippen LogP contribution in [0.5, 0.6) is 0 Å². The number of ether oxygens (including phenoxy) is 1. The van der Waals surface area contributed by atoms with Gasteiger partial charge in [0, 0.05) is 19.8 Å². The van der Waals surface area contributed by atoms with E-state index in [1.165, 1.54) is 36.3 Å². The number of methoxy groups -OCH3 is 1. The van der Waals surface area contributed by atoms with Crippen LogP contribution in [-0.4, -0.2) is 35.1 Å². The molecule has 6 nitrogen and oxygen atoms in total. The normalized spacial score (nSPS) is 11.3. The van der Waals surface area contributed by atoms with Crippen LogP contribution in [0.1, 0.15) is 6.42 Å². The molecule has 2 N–H and O–H groups in total. The fourth-order valence-electron chi connectivity index (χ4n) is 1.36. The van der Waals surface area contributed by atoms with Gasteiger partial charge in [0.05, 0.1) is 17.9 Å². The predicted molar refractivity (Wildman–Crippen MR) is 67.7 cm³/mol. The average molecular weight is 272 g/mol. The van der Waals surface area contributed by atoms with E-state index in [0.717, 1.165) is 0 Å². The molecular weight excluding hydrogens is 256 g/mol. The van der Waals surface area contributed by atoms with E-state index in [9.17, 15) is 13.2 Å². The van der Waals surface area contributed by atoms with Gasteiger partial charge < -0.3 is 9.64 Å². The highest BCUT2D eigenvalue weighted by molar-refractivity contribution is 7.89. The van der Waals surface area contributed by atoms with Crippen LogP contribution < -0.4 is 10.0 Å². The summed E-state index contributed by atoms with van der Waals surface area (Å²) in [6.45, 7) is 0.346. The summed E-state index contributed by atoms with van der Waals surface area (Å²) in [5.74, 6) is -0.111. The van der Waals surface area contributed by atoms with Crippen molar-refractivity contribution in [3.05, 3.63) is 24.3 Å². The van der Waals surface area contributed by atoms with Crippen molar-refractivity contribution < 1.29 is 17.9 Å². The summed E-state index contributed by atoms with van der Waals surface area (Å²) in [5.41, 5.74) is 0.600. The first-order valence-electron chi connectivity index (χ1n) is 5.24. The third-order valence-electron chi connectivity index (χ3n) is 2.45. The molecule has 0 saturated heterocycles. The van der Waals surface area contributed by atoms with Crippen molar-refractivity contribution in [2.45, 2.75) is 11.3 Å². The number of nitrogens with two attached hydrogens (primary N) is 1. The highest BCUT2D eigenvalue weighted by atomic mass is 32.2. The molecule has 0 aromatic heterocycles. The van der Waals surface area contributed by atoms with Crippen LogP contribution in [0.25, 0.3) is 0 Å². The number of carbonyl (C=O) groups is 1. The number of amides is 1. The first-order valence-corrected chi connectivity index (χ1v) is 6.79. The molecule has 0 bridgehead atoms. The Morgan fingerprint density at radius 2 is 1.89 bits per heavy atom. The zero-order valence-electron chi connectivity index (χ0n) is 10.3. The molecule has 100 valence electrons. The van der Waals surface area contributed by atoms with Gasteiger partial charge in [0.2, 0.25) is 15.9 Å². The standard InChI is InChI=1S/C11H16N2O4S/c1-13(11(14)7-8-17-2)9-3-5-10(6-4-9)18(12,15)16/h3-6H,7-8H2,1-2H3,(H2,12,15,16). The predicted octanol–water partition coefficient (Wildman–Crippen LogP) is 0.333. The van der Waals surface area contributed by atoms with E-state index in [0.29, 0.717) is 12.3 Å².